The van der Waals surface area contributed by atoms with Gasteiger partial charge in [0.2, 0.25) is 0 Å². The molecule has 2 N–H and O–H groups in total. The van der Waals surface area contributed by atoms with E-state index in [4.69, 9.17) is 10.5 Å². The van der Waals surface area contributed by atoms with Gasteiger partial charge in [-0.2, -0.15) is 12.6 Å². The van der Waals surface area contributed by atoms with E-state index in [1.165, 1.54) is 0 Å². The monoisotopic (exact) mass is 198 g/mol. The lowest BCUT2D eigenvalue weighted by Gasteiger charge is -2.18. The molecule has 1 rings (SSSR count). The molecule has 0 aliphatic rings. The summed E-state index contributed by atoms with van der Waals surface area (Å²) in [5.41, 5.74) is 7.49. The number of hydrogen-bond donors (Lipinski definition) is 2. The molecule has 0 aromatic heterocycles. The lowest BCUT2D eigenvalue weighted by molar-refractivity contribution is 0.415. The van der Waals surface area contributed by atoms with E-state index in [-0.39, 0.29) is 0 Å². The van der Waals surface area contributed by atoms with Crippen LogP contribution in [0.15, 0.2) is 18.2 Å². The molecule has 3 nitrogen and oxygen atoms in total. The largest absolute Gasteiger partial charge is 0.497 e. The first kappa shape index (κ1) is 10.1. The topological polar surface area (TPSA) is 38.5 Å². The summed E-state index contributed by atoms with van der Waals surface area (Å²) in [6.45, 7) is 0. The summed E-state index contributed by atoms with van der Waals surface area (Å²) in [5.74, 6) is 1.41. The van der Waals surface area contributed by atoms with Gasteiger partial charge in [-0.1, -0.05) is 0 Å². The highest BCUT2D eigenvalue weighted by Gasteiger charge is 2.04. The normalized spacial score (nSPS) is 9.77. The number of nitrogens with zero attached hydrogens (tertiary/aromatic N) is 1. The predicted molar refractivity (Wildman–Crippen MR) is 59.7 cm³/mol. The molecule has 0 spiro atoms. The van der Waals surface area contributed by atoms with Gasteiger partial charge in [0.05, 0.1) is 24.4 Å². The fourth-order valence-electron chi connectivity index (χ4n) is 1.08. The fraction of sp³-hybridized carbons (Fsp3) is 0.333. The molecule has 72 valence electrons. The second-order valence-electron chi connectivity index (χ2n) is 2.76. The van der Waals surface area contributed by atoms with Gasteiger partial charge in [-0.3, -0.25) is 0 Å². The van der Waals surface area contributed by atoms with Gasteiger partial charge in [-0.05, 0) is 12.1 Å². The molecule has 0 amide bonds. The number of anilines is 2. The van der Waals surface area contributed by atoms with Crippen LogP contribution >= 0.6 is 12.6 Å². The van der Waals surface area contributed by atoms with Gasteiger partial charge in [0.1, 0.15) is 5.75 Å². The molecular weight excluding hydrogens is 184 g/mol. The van der Waals surface area contributed by atoms with E-state index in [2.05, 4.69) is 12.6 Å². The first-order chi connectivity index (χ1) is 6.19. The highest BCUT2D eigenvalue weighted by molar-refractivity contribution is 7.80. The Bertz CT molecular complexity index is 291. The van der Waals surface area contributed by atoms with Crippen LogP contribution in [0, 0.1) is 0 Å². The average molecular weight is 198 g/mol. The molecule has 0 aliphatic carbocycles. The zero-order chi connectivity index (χ0) is 9.84. The second-order valence-corrected chi connectivity index (χ2v) is 3.05. The Labute approximate surface area is 83.9 Å². The van der Waals surface area contributed by atoms with Crippen molar-refractivity contribution < 1.29 is 4.74 Å². The molecule has 1 aromatic carbocycles. The average Bonchev–Trinajstić information content (AvgIpc) is 2.16. The van der Waals surface area contributed by atoms with E-state index < -0.39 is 0 Å². The summed E-state index contributed by atoms with van der Waals surface area (Å²) in [5, 5.41) is 0. The summed E-state index contributed by atoms with van der Waals surface area (Å²) < 4.78 is 5.05. The highest BCUT2D eigenvalue weighted by Crippen LogP contribution is 2.26. The van der Waals surface area contributed by atoms with Crippen molar-refractivity contribution in [3.8, 4) is 5.75 Å². The maximum absolute atomic E-state index is 5.82. The number of rotatable bonds is 3. The summed E-state index contributed by atoms with van der Waals surface area (Å²) >= 11 is 4.16. The SMILES string of the molecule is COc1ccc(N(C)CS)c(N)c1. The van der Waals surface area contributed by atoms with Crippen LogP contribution < -0.4 is 15.4 Å². The zero-order valence-corrected chi connectivity index (χ0v) is 8.71. The standard InChI is InChI=1S/C9H14N2OS/c1-11(6-13)9-4-3-7(12-2)5-8(9)10/h3-5,13H,6,10H2,1-2H3. The van der Waals surface area contributed by atoms with Crippen LogP contribution in [0.1, 0.15) is 0 Å². The Hall–Kier alpha value is -1.03. The summed E-state index contributed by atoms with van der Waals surface area (Å²) in [6, 6.07) is 5.60. The van der Waals surface area contributed by atoms with Crippen LogP contribution in [0.5, 0.6) is 5.75 Å². The predicted octanol–water partition coefficient (Wildman–Crippen LogP) is 1.60. The minimum atomic E-state index is 0.635. The summed E-state index contributed by atoms with van der Waals surface area (Å²) in [4.78, 5) is 1.96. The molecule has 0 heterocycles. The Kier molecular flexibility index (Phi) is 3.31. The van der Waals surface area contributed by atoms with Gasteiger partial charge >= 0.3 is 0 Å². The number of nitrogens with two attached hydrogens (primary N) is 1. The Morgan fingerprint density at radius 2 is 2.23 bits per heavy atom. The summed E-state index contributed by atoms with van der Waals surface area (Å²) in [7, 11) is 3.56. The minimum Gasteiger partial charge on any atom is -0.497 e. The number of hydrogen-bond acceptors (Lipinski definition) is 4. The minimum absolute atomic E-state index is 0.635. The van der Waals surface area contributed by atoms with Crippen molar-refractivity contribution in [2.45, 2.75) is 0 Å². The summed E-state index contributed by atoms with van der Waals surface area (Å²) in [6.07, 6.45) is 0. The van der Waals surface area contributed by atoms with Crippen LogP contribution in [-0.4, -0.2) is 20.0 Å². The van der Waals surface area contributed by atoms with Gasteiger partial charge < -0.3 is 15.4 Å². The molecule has 0 saturated heterocycles. The maximum Gasteiger partial charge on any atom is 0.121 e. The van der Waals surface area contributed by atoms with Gasteiger partial charge in [0.15, 0.2) is 0 Å². The number of ether oxygens (including phenoxy) is 1. The highest BCUT2D eigenvalue weighted by atomic mass is 32.1. The van der Waals surface area contributed by atoms with Crippen LogP contribution in [0.3, 0.4) is 0 Å². The van der Waals surface area contributed by atoms with Gasteiger partial charge in [-0.15, -0.1) is 0 Å². The van der Waals surface area contributed by atoms with Crippen LogP contribution in [0.2, 0.25) is 0 Å². The number of methoxy groups -OCH3 is 1. The number of nitrogen functional groups attached to an aromatic ring is 1. The molecule has 0 unspecified atom stereocenters. The molecule has 0 aliphatic heterocycles. The molecule has 1 aromatic rings. The second kappa shape index (κ2) is 4.28. The Morgan fingerprint density at radius 1 is 1.54 bits per heavy atom. The Balaban J connectivity index is 2.98. The first-order valence-electron chi connectivity index (χ1n) is 3.94. The number of thiol groups is 1. The molecular formula is C9H14N2OS. The number of benzene rings is 1. The van der Waals surface area contributed by atoms with Crippen LogP contribution in [0.25, 0.3) is 0 Å². The van der Waals surface area contributed by atoms with Crippen LogP contribution in [-0.2, 0) is 0 Å². The van der Waals surface area contributed by atoms with Gasteiger partial charge in [0, 0.05) is 13.1 Å². The fourth-order valence-corrected chi connectivity index (χ4v) is 1.24. The zero-order valence-electron chi connectivity index (χ0n) is 7.82. The maximum atomic E-state index is 5.82. The lowest BCUT2D eigenvalue weighted by atomic mass is 10.2. The van der Waals surface area contributed by atoms with E-state index in [1.54, 1.807) is 13.2 Å². The van der Waals surface area contributed by atoms with Crippen molar-refractivity contribution in [2.24, 2.45) is 0 Å². The van der Waals surface area contributed by atoms with E-state index in [0.29, 0.717) is 11.6 Å². The Morgan fingerprint density at radius 3 is 2.69 bits per heavy atom. The van der Waals surface area contributed by atoms with Crippen molar-refractivity contribution >= 4 is 24.0 Å². The quantitative estimate of drug-likeness (QED) is 0.440. The molecule has 0 radical (unpaired) electrons. The third-order valence-electron chi connectivity index (χ3n) is 1.86. The van der Waals surface area contributed by atoms with Gasteiger partial charge in [-0.25, -0.2) is 0 Å². The van der Waals surface area contributed by atoms with Crippen molar-refractivity contribution in [3.05, 3.63) is 18.2 Å². The molecule has 0 atom stereocenters. The smallest absolute Gasteiger partial charge is 0.121 e. The van der Waals surface area contributed by atoms with E-state index in [9.17, 15) is 0 Å². The molecule has 4 heteroatoms. The van der Waals surface area contributed by atoms with Crippen molar-refractivity contribution in [1.82, 2.24) is 0 Å². The molecule has 0 fully saturated rings. The van der Waals surface area contributed by atoms with Crippen molar-refractivity contribution in [3.63, 3.8) is 0 Å². The third kappa shape index (κ3) is 2.21. The van der Waals surface area contributed by atoms with Crippen molar-refractivity contribution in [1.29, 1.82) is 0 Å². The van der Waals surface area contributed by atoms with Crippen molar-refractivity contribution in [2.75, 3.05) is 30.7 Å². The van der Waals surface area contributed by atoms with Crippen LogP contribution in [0.4, 0.5) is 11.4 Å². The molecule has 0 saturated carbocycles. The van der Waals surface area contributed by atoms with E-state index in [1.807, 2.05) is 24.1 Å². The molecule has 0 bridgehead atoms. The molecule has 13 heavy (non-hydrogen) atoms. The lowest BCUT2D eigenvalue weighted by Crippen LogP contribution is -2.15. The van der Waals surface area contributed by atoms with E-state index >= 15 is 0 Å². The first-order valence-corrected chi connectivity index (χ1v) is 4.57. The van der Waals surface area contributed by atoms with E-state index in [0.717, 1.165) is 11.4 Å². The van der Waals surface area contributed by atoms with Gasteiger partial charge in [0.25, 0.3) is 0 Å². The third-order valence-corrected chi connectivity index (χ3v) is 2.28.